The van der Waals surface area contributed by atoms with E-state index < -0.39 is 0 Å². The molecule has 2 nitrogen and oxygen atoms in total. The van der Waals surface area contributed by atoms with Gasteiger partial charge in [-0.05, 0) is 18.3 Å². The van der Waals surface area contributed by atoms with Crippen LogP contribution >= 0.6 is 11.6 Å². The van der Waals surface area contributed by atoms with Crippen molar-refractivity contribution in [2.24, 2.45) is 11.8 Å². The van der Waals surface area contributed by atoms with Crippen LogP contribution in [0.25, 0.3) is 0 Å². The molecule has 2 atom stereocenters. The Balaban J connectivity index is 2.58. The van der Waals surface area contributed by atoms with Gasteiger partial charge in [0.25, 0.3) is 0 Å². The Hall–Kier alpha value is -0.0500. The lowest BCUT2D eigenvalue weighted by molar-refractivity contribution is 0.112. The van der Waals surface area contributed by atoms with Crippen LogP contribution in [0.15, 0.2) is 11.6 Å². The second kappa shape index (κ2) is 7.40. The molecule has 0 bridgehead atoms. The first-order valence-electron chi connectivity index (χ1n) is 6.77. The van der Waals surface area contributed by atoms with Gasteiger partial charge in [-0.2, -0.15) is 0 Å². The van der Waals surface area contributed by atoms with E-state index in [9.17, 15) is 0 Å². The number of nitrogens with one attached hydrogen (secondary N) is 1. The third-order valence-electron chi connectivity index (χ3n) is 3.54. The van der Waals surface area contributed by atoms with Gasteiger partial charge in [-0.25, -0.2) is 0 Å². The third kappa shape index (κ3) is 4.99. The number of piperazine rings is 1. The maximum Gasteiger partial charge on any atom is 0.0227 e. The Kier molecular flexibility index (Phi) is 6.53. The van der Waals surface area contributed by atoms with E-state index in [1.165, 1.54) is 6.42 Å². The number of rotatable bonds is 5. The molecule has 0 aliphatic carbocycles. The van der Waals surface area contributed by atoms with Crippen LogP contribution in [-0.2, 0) is 0 Å². The number of nitrogens with zero attached hydrogens (tertiary/aromatic N) is 1. The van der Waals surface area contributed by atoms with Gasteiger partial charge in [-0.3, -0.25) is 4.90 Å². The Morgan fingerprint density at radius 3 is 2.59 bits per heavy atom. The van der Waals surface area contributed by atoms with Gasteiger partial charge in [0.2, 0.25) is 0 Å². The van der Waals surface area contributed by atoms with Crippen LogP contribution in [0, 0.1) is 11.8 Å². The SMILES string of the molecule is CC(C)CC1CNC(C(C)C)CN1C/C=C/Cl. The van der Waals surface area contributed by atoms with Crippen LogP contribution in [-0.4, -0.2) is 36.6 Å². The molecule has 0 aromatic rings. The second-order valence-electron chi connectivity index (χ2n) is 5.86. The van der Waals surface area contributed by atoms with Gasteiger partial charge in [0.05, 0.1) is 0 Å². The summed E-state index contributed by atoms with van der Waals surface area (Å²) in [7, 11) is 0. The zero-order chi connectivity index (χ0) is 12.8. The Bertz CT molecular complexity index is 238. The predicted octanol–water partition coefficient (Wildman–Crippen LogP) is 3.08. The lowest BCUT2D eigenvalue weighted by Gasteiger charge is -2.42. The second-order valence-corrected chi connectivity index (χ2v) is 6.11. The molecule has 3 heteroatoms. The fourth-order valence-corrected chi connectivity index (χ4v) is 2.58. The molecule has 1 fully saturated rings. The van der Waals surface area contributed by atoms with Gasteiger partial charge in [-0.1, -0.05) is 45.4 Å². The summed E-state index contributed by atoms with van der Waals surface area (Å²) in [5.74, 6) is 1.44. The molecule has 0 saturated carbocycles. The topological polar surface area (TPSA) is 15.3 Å². The van der Waals surface area contributed by atoms with Crippen molar-refractivity contribution in [1.82, 2.24) is 10.2 Å². The monoisotopic (exact) mass is 258 g/mol. The van der Waals surface area contributed by atoms with E-state index >= 15 is 0 Å². The maximum absolute atomic E-state index is 5.65. The number of halogens is 1. The van der Waals surface area contributed by atoms with Gasteiger partial charge >= 0.3 is 0 Å². The van der Waals surface area contributed by atoms with Crippen molar-refractivity contribution in [1.29, 1.82) is 0 Å². The molecule has 1 aliphatic heterocycles. The van der Waals surface area contributed by atoms with E-state index in [4.69, 9.17) is 11.6 Å². The Morgan fingerprint density at radius 2 is 2.06 bits per heavy atom. The van der Waals surface area contributed by atoms with Crippen molar-refractivity contribution in [3.8, 4) is 0 Å². The standard InChI is InChI=1S/C14H27ClN2/c1-11(2)8-13-9-16-14(12(3)4)10-17(13)7-5-6-15/h5-6,11-14,16H,7-10H2,1-4H3/b6-5+. The smallest absolute Gasteiger partial charge is 0.0227 e. The molecular formula is C14H27ClN2. The van der Waals surface area contributed by atoms with Crippen molar-refractivity contribution in [2.45, 2.75) is 46.2 Å². The molecule has 0 aromatic carbocycles. The first-order chi connectivity index (χ1) is 8.04. The molecule has 1 rings (SSSR count). The summed E-state index contributed by atoms with van der Waals surface area (Å²) in [5, 5.41) is 3.68. The minimum Gasteiger partial charge on any atom is -0.311 e. The zero-order valence-corrected chi connectivity index (χ0v) is 12.4. The molecule has 0 aromatic heterocycles. The maximum atomic E-state index is 5.65. The van der Waals surface area contributed by atoms with Gasteiger partial charge in [0.1, 0.15) is 0 Å². The van der Waals surface area contributed by atoms with Crippen LogP contribution < -0.4 is 5.32 Å². The van der Waals surface area contributed by atoms with E-state index in [1.807, 2.05) is 0 Å². The highest BCUT2D eigenvalue weighted by Crippen LogP contribution is 2.18. The lowest BCUT2D eigenvalue weighted by Crippen LogP contribution is -2.58. The summed E-state index contributed by atoms with van der Waals surface area (Å²) < 4.78 is 0. The fraction of sp³-hybridized carbons (Fsp3) is 0.857. The molecular weight excluding hydrogens is 232 g/mol. The summed E-state index contributed by atoms with van der Waals surface area (Å²) >= 11 is 5.65. The highest BCUT2D eigenvalue weighted by molar-refractivity contribution is 6.25. The largest absolute Gasteiger partial charge is 0.311 e. The first kappa shape index (κ1) is 15.0. The van der Waals surface area contributed by atoms with Crippen LogP contribution in [0.3, 0.4) is 0 Å². The minimum absolute atomic E-state index is 0.613. The molecule has 1 saturated heterocycles. The fourth-order valence-electron chi connectivity index (χ4n) is 2.50. The highest BCUT2D eigenvalue weighted by Gasteiger charge is 2.28. The zero-order valence-electron chi connectivity index (χ0n) is 11.6. The molecule has 17 heavy (non-hydrogen) atoms. The van der Waals surface area contributed by atoms with Gasteiger partial charge in [0.15, 0.2) is 0 Å². The van der Waals surface area contributed by atoms with E-state index in [0.717, 1.165) is 25.6 Å². The molecule has 100 valence electrons. The van der Waals surface area contributed by atoms with Crippen LogP contribution in [0.5, 0.6) is 0 Å². The highest BCUT2D eigenvalue weighted by atomic mass is 35.5. The summed E-state index contributed by atoms with van der Waals surface area (Å²) in [4.78, 5) is 2.57. The van der Waals surface area contributed by atoms with Crippen molar-refractivity contribution in [2.75, 3.05) is 19.6 Å². The van der Waals surface area contributed by atoms with E-state index in [-0.39, 0.29) is 0 Å². The predicted molar refractivity (Wildman–Crippen MR) is 76.4 cm³/mol. The Morgan fingerprint density at radius 1 is 1.35 bits per heavy atom. The minimum atomic E-state index is 0.613. The van der Waals surface area contributed by atoms with E-state index in [0.29, 0.717) is 18.0 Å². The summed E-state index contributed by atoms with van der Waals surface area (Å²) in [6.07, 6.45) is 3.31. The van der Waals surface area contributed by atoms with E-state index in [1.54, 1.807) is 5.54 Å². The van der Waals surface area contributed by atoms with Crippen LogP contribution in [0.4, 0.5) is 0 Å². The third-order valence-corrected chi connectivity index (χ3v) is 3.72. The van der Waals surface area contributed by atoms with Crippen molar-refractivity contribution in [3.63, 3.8) is 0 Å². The molecule has 1 heterocycles. The number of hydrogen-bond donors (Lipinski definition) is 1. The van der Waals surface area contributed by atoms with Crippen molar-refractivity contribution in [3.05, 3.63) is 11.6 Å². The average molecular weight is 259 g/mol. The Labute approximate surface area is 111 Å². The molecule has 2 unspecified atom stereocenters. The summed E-state index contributed by atoms with van der Waals surface area (Å²) in [6, 6.07) is 1.26. The van der Waals surface area contributed by atoms with Crippen molar-refractivity contribution >= 4 is 11.6 Å². The summed E-state index contributed by atoms with van der Waals surface area (Å²) in [6.45, 7) is 12.4. The molecule has 0 spiro atoms. The molecule has 0 radical (unpaired) electrons. The average Bonchev–Trinajstić information content (AvgIpc) is 2.26. The van der Waals surface area contributed by atoms with Crippen LogP contribution in [0.1, 0.15) is 34.1 Å². The number of hydrogen-bond acceptors (Lipinski definition) is 2. The van der Waals surface area contributed by atoms with Gasteiger partial charge in [-0.15, -0.1) is 0 Å². The van der Waals surface area contributed by atoms with Crippen LogP contribution in [0.2, 0.25) is 0 Å². The quantitative estimate of drug-likeness (QED) is 0.815. The van der Waals surface area contributed by atoms with Crippen molar-refractivity contribution < 1.29 is 0 Å². The molecule has 1 aliphatic rings. The first-order valence-corrected chi connectivity index (χ1v) is 7.20. The van der Waals surface area contributed by atoms with E-state index in [2.05, 4.69) is 44.0 Å². The molecule has 0 amide bonds. The summed E-state index contributed by atoms with van der Waals surface area (Å²) in [5.41, 5.74) is 1.64. The van der Waals surface area contributed by atoms with Gasteiger partial charge in [0, 0.05) is 37.3 Å². The normalized spacial score (nSPS) is 27.5. The lowest BCUT2D eigenvalue weighted by atomic mass is 9.95. The van der Waals surface area contributed by atoms with Gasteiger partial charge < -0.3 is 5.32 Å². The molecule has 1 N–H and O–H groups in total.